The van der Waals surface area contributed by atoms with E-state index in [4.69, 9.17) is 4.98 Å². The highest BCUT2D eigenvalue weighted by molar-refractivity contribution is 7.21. The van der Waals surface area contributed by atoms with Gasteiger partial charge < -0.3 is 10.2 Å². The zero-order chi connectivity index (χ0) is 22.9. The van der Waals surface area contributed by atoms with E-state index in [1.54, 1.807) is 11.3 Å². The van der Waals surface area contributed by atoms with E-state index in [1.807, 2.05) is 44.2 Å². The summed E-state index contributed by atoms with van der Waals surface area (Å²) in [5, 5.41) is 4.09. The first kappa shape index (κ1) is 21.5. The van der Waals surface area contributed by atoms with Crippen molar-refractivity contribution in [1.82, 2.24) is 15.0 Å². The highest BCUT2D eigenvalue weighted by Gasteiger charge is 2.26. The molecular formula is C26H27N5OS. The van der Waals surface area contributed by atoms with Crippen LogP contribution >= 0.6 is 11.3 Å². The minimum Gasteiger partial charge on any atom is -0.341 e. The van der Waals surface area contributed by atoms with Crippen molar-refractivity contribution in [3.05, 3.63) is 65.5 Å². The molecule has 6 nitrogen and oxygen atoms in total. The van der Waals surface area contributed by atoms with Gasteiger partial charge in [-0.1, -0.05) is 6.07 Å². The molecule has 0 atom stereocenters. The van der Waals surface area contributed by atoms with Crippen LogP contribution < -0.4 is 10.2 Å². The number of piperidine rings is 1. The summed E-state index contributed by atoms with van der Waals surface area (Å²) in [5.41, 5.74) is 6.09. The van der Waals surface area contributed by atoms with Crippen LogP contribution in [0.25, 0.3) is 20.8 Å². The van der Waals surface area contributed by atoms with Crippen molar-refractivity contribution in [1.29, 1.82) is 0 Å². The predicted molar refractivity (Wildman–Crippen MR) is 135 cm³/mol. The van der Waals surface area contributed by atoms with Gasteiger partial charge in [0.1, 0.15) is 5.01 Å². The van der Waals surface area contributed by atoms with Crippen LogP contribution in [0.1, 0.15) is 29.8 Å². The average Bonchev–Trinajstić information content (AvgIpc) is 3.22. The highest BCUT2D eigenvalue weighted by atomic mass is 32.1. The van der Waals surface area contributed by atoms with Crippen LogP contribution in [0.15, 0.2) is 48.5 Å². The third kappa shape index (κ3) is 4.73. The first-order chi connectivity index (χ1) is 15.9. The Kier molecular flexibility index (Phi) is 5.81. The van der Waals surface area contributed by atoms with E-state index in [1.165, 1.54) is 10.3 Å². The quantitative estimate of drug-likeness (QED) is 0.436. The highest BCUT2D eigenvalue weighted by Crippen LogP contribution is 2.31. The second-order valence-corrected chi connectivity index (χ2v) is 9.80. The zero-order valence-corrected chi connectivity index (χ0v) is 19.9. The zero-order valence-electron chi connectivity index (χ0n) is 19.1. The number of hydrogen-bond acceptors (Lipinski definition) is 6. The molecule has 1 aliphatic heterocycles. The molecule has 0 unspecified atom stereocenters. The summed E-state index contributed by atoms with van der Waals surface area (Å²) in [7, 11) is 0. The third-order valence-electron chi connectivity index (χ3n) is 6.06. The monoisotopic (exact) mass is 457 g/mol. The van der Waals surface area contributed by atoms with Crippen LogP contribution in [0, 0.1) is 26.7 Å². The van der Waals surface area contributed by atoms with E-state index in [9.17, 15) is 4.79 Å². The molecule has 0 aliphatic carbocycles. The normalized spacial score (nSPS) is 14.6. The van der Waals surface area contributed by atoms with Gasteiger partial charge in [-0.2, -0.15) is 0 Å². The Morgan fingerprint density at radius 3 is 2.33 bits per heavy atom. The number of rotatable bonds is 4. The largest absolute Gasteiger partial charge is 0.341 e. The number of nitrogens with zero attached hydrogens (tertiary/aromatic N) is 4. The lowest BCUT2D eigenvalue weighted by Crippen LogP contribution is -2.39. The fourth-order valence-corrected chi connectivity index (χ4v) is 5.36. The molecule has 1 amide bonds. The second kappa shape index (κ2) is 8.90. The first-order valence-corrected chi connectivity index (χ1v) is 12.1. The Bertz CT molecular complexity index is 1290. The van der Waals surface area contributed by atoms with Gasteiger partial charge in [-0.05, 0) is 81.6 Å². The van der Waals surface area contributed by atoms with Crippen LogP contribution in [0.5, 0.6) is 0 Å². The van der Waals surface area contributed by atoms with Gasteiger partial charge in [-0.15, -0.1) is 11.3 Å². The minimum atomic E-state index is -0.000617. The number of carbonyl (C=O) groups is 1. The Hall–Kier alpha value is -3.32. The van der Waals surface area contributed by atoms with Crippen molar-refractivity contribution in [2.24, 2.45) is 5.92 Å². The van der Waals surface area contributed by atoms with E-state index in [0.717, 1.165) is 65.0 Å². The summed E-state index contributed by atoms with van der Waals surface area (Å²) in [6.45, 7) is 7.65. The van der Waals surface area contributed by atoms with Crippen LogP contribution in [0.3, 0.4) is 0 Å². The molecule has 0 bridgehead atoms. The van der Waals surface area contributed by atoms with Crippen molar-refractivity contribution in [2.75, 3.05) is 23.3 Å². The van der Waals surface area contributed by atoms with E-state index < -0.39 is 0 Å². The molecular weight excluding hydrogens is 430 g/mol. The second-order valence-electron chi connectivity index (χ2n) is 8.77. The minimum absolute atomic E-state index is 0.000617. The smallest absolute Gasteiger partial charge is 0.227 e. The predicted octanol–water partition coefficient (Wildman–Crippen LogP) is 5.53. The Labute approximate surface area is 197 Å². The molecule has 0 radical (unpaired) electrons. The van der Waals surface area contributed by atoms with Crippen LogP contribution in [0.2, 0.25) is 0 Å². The molecule has 33 heavy (non-hydrogen) atoms. The number of fused-ring (bicyclic) bond motifs is 1. The van der Waals surface area contributed by atoms with E-state index >= 15 is 0 Å². The van der Waals surface area contributed by atoms with Crippen LogP contribution in [0.4, 0.5) is 11.6 Å². The van der Waals surface area contributed by atoms with Gasteiger partial charge in [-0.25, -0.2) is 15.0 Å². The summed E-state index contributed by atoms with van der Waals surface area (Å²) < 4.78 is 1.19. The Balaban J connectivity index is 1.20. The number of carbonyl (C=O) groups excluding carboxylic acids is 1. The number of amides is 1. The Morgan fingerprint density at radius 2 is 1.64 bits per heavy atom. The molecule has 1 aliphatic rings. The lowest BCUT2D eigenvalue weighted by molar-refractivity contribution is -0.120. The molecule has 0 spiro atoms. The fraction of sp³-hybridized carbons (Fsp3) is 0.308. The molecule has 7 heteroatoms. The number of benzene rings is 2. The maximum absolute atomic E-state index is 12.9. The van der Waals surface area contributed by atoms with E-state index in [-0.39, 0.29) is 11.8 Å². The summed E-state index contributed by atoms with van der Waals surface area (Å²) >= 11 is 1.69. The number of nitrogens with one attached hydrogen (secondary N) is 1. The maximum atomic E-state index is 12.9. The third-order valence-corrected chi connectivity index (χ3v) is 7.13. The molecule has 1 fully saturated rings. The average molecular weight is 458 g/mol. The van der Waals surface area contributed by atoms with Crippen LogP contribution in [-0.4, -0.2) is 33.9 Å². The summed E-state index contributed by atoms with van der Waals surface area (Å²) in [6.07, 6.45) is 1.59. The van der Waals surface area contributed by atoms with Crippen molar-refractivity contribution >= 4 is 39.1 Å². The molecule has 168 valence electrons. The van der Waals surface area contributed by atoms with Crippen molar-refractivity contribution in [2.45, 2.75) is 33.6 Å². The van der Waals surface area contributed by atoms with Gasteiger partial charge in [-0.3, -0.25) is 4.79 Å². The topological polar surface area (TPSA) is 71.0 Å². The first-order valence-electron chi connectivity index (χ1n) is 11.3. The lowest BCUT2D eigenvalue weighted by Gasteiger charge is -2.31. The number of thiazole rings is 1. The summed E-state index contributed by atoms with van der Waals surface area (Å²) in [5.74, 6) is 0.852. The standard InChI is InChI=1S/C26H27N5OS/c1-16-4-9-22-23(14-16)33-25(30-22)20-5-7-21(8-6-20)29-24(32)19-10-12-31(13-11-19)26-27-17(2)15-18(3)28-26/h4-9,14-15,19H,10-13H2,1-3H3,(H,29,32). The molecule has 1 saturated heterocycles. The molecule has 1 N–H and O–H groups in total. The molecule has 2 aromatic heterocycles. The van der Waals surface area contributed by atoms with Gasteiger partial charge >= 0.3 is 0 Å². The number of hydrogen-bond donors (Lipinski definition) is 1. The van der Waals surface area contributed by atoms with Gasteiger partial charge in [0, 0.05) is 41.6 Å². The maximum Gasteiger partial charge on any atom is 0.227 e. The number of aryl methyl sites for hydroxylation is 3. The van der Waals surface area contributed by atoms with Gasteiger partial charge in [0.05, 0.1) is 10.2 Å². The molecule has 0 saturated carbocycles. The van der Waals surface area contributed by atoms with Crippen molar-refractivity contribution in [3.63, 3.8) is 0 Å². The molecule has 3 heterocycles. The molecule has 5 rings (SSSR count). The Morgan fingerprint density at radius 1 is 0.939 bits per heavy atom. The summed E-state index contributed by atoms with van der Waals surface area (Å²) in [6, 6.07) is 16.3. The van der Waals surface area contributed by atoms with Crippen LogP contribution in [-0.2, 0) is 4.79 Å². The SMILES string of the molecule is Cc1ccc2nc(-c3ccc(NC(=O)C4CCN(c5nc(C)cc(C)n5)CC4)cc3)sc2c1. The van der Waals surface area contributed by atoms with Gasteiger partial charge in [0.2, 0.25) is 11.9 Å². The van der Waals surface area contributed by atoms with Gasteiger partial charge in [0.25, 0.3) is 0 Å². The molecule has 4 aromatic rings. The molecule has 2 aromatic carbocycles. The van der Waals surface area contributed by atoms with E-state index in [0.29, 0.717) is 0 Å². The number of aromatic nitrogens is 3. The number of anilines is 2. The fourth-order valence-electron chi connectivity index (χ4n) is 4.29. The van der Waals surface area contributed by atoms with Crippen molar-refractivity contribution < 1.29 is 4.79 Å². The lowest BCUT2D eigenvalue weighted by atomic mass is 9.96. The van der Waals surface area contributed by atoms with Gasteiger partial charge in [0.15, 0.2) is 0 Å². The van der Waals surface area contributed by atoms with E-state index in [2.05, 4.69) is 45.3 Å². The van der Waals surface area contributed by atoms with Crippen molar-refractivity contribution in [3.8, 4) is 10.6 Å². The summed E-state index contributed by atoms with van der Waals surface area (Å²) in [4.78, 5) is 28.9.